The summed E-state index contributed by atoms with van der Waals surface area (Å²) in [5.41, 5.74) is 4.84. The largest absolute Gasteiger partial charge is 0.313 e. The van der Waals surface area contributed by atoms with Gasteiger partial charge in [-0.3, -0.25) is 4.68 Å². The quantitative estimate of drug-likeness (QED) is 0.873. The van der Waals surface area contributed by atoms with E-state index in [4.69, 9.17) is 0 Å². The molecule has 0 amide bonds. The van der Waals surface area contributed by atoms with Crippen molar-refractivity contribution in [1.29, 1.82) is 0 Å². The zero-order chi connectivity index (χ0) is 12.3. The van der Waals surface area contributed by atoms with E-state index in [0.29, 0.717) is 0 Å². The Balaban J connectivity index is 2.32. The zero-order valence-corrected chi connectivity index (χ0v) is 10.7. The van der Waals surface area contributed by atoms with E-state index in [9.17, 15) is 0 Å². The Bertz CT molecular complexity index is 500. The van der Waals surface area contributed by atoms with Gasteiger partial charge in [0.1, 0.15) is 0 Å². The highest BCUT2D eigenvalue weighted by Gasteiger charge is 2.05. The molecular formula is C14H19N3. The van der Waals surface area contributed by atoms with Crippen molar-refractivity contribution < 1.29 is 0 Å². The van der Waals surface area contributed by atoms with Gasteiger partial charge in [-0.05, 0) is 36.7 Å². The van der Waals surface area contributed by atoms with Crippen LogP contribution in [0.2, 0.25) is 0 Å². The maximum atomic E-state index is 4.46. The molecule has 1 aromatic carbocycles. The first-order valence-electron chi connectivity index (χ1n) is 6.01. The first kappa shape index (κ1) is 11.9. The number of hydrogen-bond acceptors (Lipinski definition) is 2. The van der Waals surface area contributed by atoms with Gasteiger partial charge in [-0.25, -0.2) is 0 Å². The maximum absolute atomic E-state index is 4.46. The van der Waals surface area contributed by atoms with Gasteiger partial charge in [0.2, 0.25) is 0 Å². The first-order valence-corrected chi connectivity index (χ1v) is 6.01. The van der Waals surface area contributed by atoms with E-state index in [0.717, 1.165) is 18.8 Å². The second-order valence-corrected chi connectivity index (χ2v) is 4.30. The van der Waals surface area contributed by atoms with Crippen LogP contribution in [0.25, 0.3) is 11.3 Å². The summed E-state index contributed by atoms with van der Waals surface area (Å²) >= 11 is 0. The van der Waals surface area contributed by atoms with Crippen LogP contribution in [0.3, 0.4) is 0 Å². The molecule has 0 saturated heterocycles. The van der Waals surface area contributed by atoms with Crippen molar-refractivity contribution in [2.24, 2.45) is 7.05 Å². The molecule has 0 saturated carbocycles. The Kier molecular flexibility index (Phi) is 3.59. The molecule has 0 radical (unpaired) electrons. The normalized spacial score (nSPS) is 10.8. The van der Waals surface area contributed by atoms with Crippen molar-refractivity contribution in [1.82, 2.24) is 15.1 Å². The van der Waals surface area contributed by atoms with Gasteiger partial charge in [0.25, 0.3) is 0 Å². The fourth-order valence-corrected chi connectivity index (χ4v) is 1.88. The van der Waals surface area contributed by atoms with Gasteiger partial charge in [-0.1, -0.05) is 19.1 Å². The van der Waals surface area contributed by atoms with Gasteiger partial charge in [-0.2, -0.15) is 5.10 Å². The van der Waals surface area contributed by atoms with Crippen LogP contribution in [0.15, 0.2) is 30.5 Å². The van der Waals surface area contributed by atoms with Crippen LogP contribution < -0.4 is 5.32 Å². The fraction of sp³-hybridized carbons (Fsp3) is 0.357. The molecule has 2 rings (SSSR count). The lowest BCUT2D eigenvalue weighted by molar-refractivity contribution is 0.726. The Hall–Kier alpha value is -1.61. The van der Waals surface area contributed by atoms with E-state index in [2.05, 4.69) is 48.5 Å². The molecule has 90 valence electrons. The van der Waals surface area contributed by atoms with Crippen LogP contribution >= 0.6 is 0 Å². The highest BCUT2D eigenvalue weighted by Crippen LogP contribution is 2.22. The summed E-state index contributed by atoms with van der Waals surface area (Å²) in [6.45, 7) is 6.15. The van der Waals surface area contributed by atoms with E-state index in [1.165, 1.54) is 16.7 Å². The third-order valence-electron chi connectivity index (χ3n) is 2.87. The molecular weight excluding hydrogens is 210 g/mol. The number of aromatic nitrogens is 2. The van der Waals surface area contributed by atoms with E-state index in [-0.39, 0.29) is 0 Å². The van der Waals surface area contributed by atoms with Gasteiger partial charge in [0.15, 0.2) is 0 Å². The van der Waals surface area contributed by atoms with Crippen LogP contribution in [0, 0.1) is 6.92 Å². The van der Waals surface area contributed by atoms with Crippen molar-refractivity contribution in [2.45, 2.75) is 20.4 Å². The second kappa shape index (κ2) is 5.15. The molecule has 1 aromatic heterocycles. The van der Waals surface area contributed by atoms with Crippen molar-refractivity contribution in [3.05, 3.63) is 41.6 Å². The summed E-state index contributed by atoms with van der Waals surface area (Å²) in [4.78, 5) is 0. The van der Waals surface area contributed by atoms with E-state index in [1.807, 2.05) is 17.9 Å². The summed E-state index contributed by atoms with van der Waals surface area (Å²) in [6.07, 6.45) is 1.98. The monoisotopic (exact) mass is 229 g/mol. The molecule has 0 fully saturated rings. The molecule has 0 atom stereocenters. The predicted molar refractivity (Wildman–Crippen MR) is 70.8 cm³/mol. The number of nitrogens with one attached hydrogen (secondary N) is 1. The lowest BCUT2D eigenvalue weighted by atomic mass is 10.0. The van der Waals surface area contributed by atoms with Crippen molar-refractivity contribution in [3.8, 4) is 11.3 Å². The molecule has 3 heteroatoms. The highest BCUT2D eigenvalue weighted by molar-refractivity contribution is 5.63. The summed E-state index contributed by atoms with van der Waals surface area (Å²) in [5, 5.41) is 7.80. The molecule has 2 aromatic rings. The summed E-state index contributed by atoms with van der Waals surface area (Å²) in [5.74, 6) is 0. The average Bonchev–Trinajstić information content (AvgIpc) is 2.75. The second-order valence-electron chi connectivity index (χ2n) is 4.30. The number of benzene rings is 1. The van der Waals surface area contributed by atoms with Gasteiger partial charge < -0.3 is 5.32 Å². The zero-order valence-electron chi connectivity index (χ0n) is 10.7. The topological polar surface area (TPSA) is 29.9 Å². The summed E-state index contributed by atoms with van der Waals surface area (Å²) < 4.78 is 1.84. The van der Waals surface area contributed by atoms with E-state index >= 15 is 0 Å². The lowest BCUT2D eigenvalue weighted by Crippen LogP contribution is -2.11. The van der Waals surface area contributed by atoms with E-state index in [1.54, 1.807) is 0 Å². The molecule has 0 aliphatic carbocycles. The molecule has 1 N–H and O–H groups in total. The van der Waals surface area contributed by atoms with Crippen molar-refractivity contribution >= 4 is 0 Å². The minimum Gasteiger partial charge on any atom is -0.313 e. The third kappa shape index (κ3) is 2.74. The fourth-order valence-electron chi connectivity index (χ4n) is 1.88. The number of nitrogens with zero attached hydrogens (tertiary/aromatic N) is 2. The molecule has 0 aliphatic heterocycles. The molecule has 0 spiro atoms. The number of hydrogen-bond donors (Lipinski definition) is 1. The first-order chi connectivity index (χ1) is 8.20. The Morgan fingerprint density at radius 1 is 1.29 bits per heavy atom. The molecule has 0 unspecified atom stereocenters. The van der Waals surface area contributed by atoms with Gasteiger partial charge in [0, 0.05) is 25.4 Å². The standard InChI is InChI=1S/C14H19N3/c1-4-15-10-12-6-5-11(2)13(9-12)14-7-8-17(3)16-14/h5-9,15H,4,10H2,1-3H3. The molecule has 17 heavy (non-hydrogen) atoms. The van der Waals surface area contributed by atoms with Crippen LogP contribution in [-0.4, -0.2) is 16.3 Å². The third-order valence-corrected chi connectivity index (χ3v) is 2.87. The van der Waals surface area contributed by atoms with Crippen molar-refractivity contribution in [2.75, 3.05) is 6.54 Å². The average molecular weight is 229 g/mol. The molecule has 0 aliphatic rings. The molecule has 0 bridgehead atoms. The van der Waals surface area contributed by atoms with E-state index < -0.39 is 0 Å². The molecule has 1 heterocycles. The lowest BCUT2D eigenvalue weighted by Gasteiger charge is -2.07. The maximum Gasteiger partial charge on any atom is 0.0925 e. The smallest absolute Gasteiger partial charge is 0.0925 e. The Morgan fingerprint density at radius 3 is 2.76 bits per heavy atom. The van der Waals surface area contributed by atoms with Crippen LogP contribution in [0.1, 0.15) is 18.1 Å². The summed E-state index contributed by atoms with van der Waals surface area (Å²) in [7, 11) is 1.95. The van der Waals surface area contributed by atoms with Crippen LogP contribution in [-0.2, 0) is 13.6 Å². The SMILES string of the molecule is CCNCc1ccc(C)c(-c2ccn(C)n2)c1. The van der Waals surface area contributed by atoms with Crippen LogP contribution in [0.4, 0.5) is 0 Å². The van der Waals surface area contributed by atoms with Gasteiger partial charge in [-0.15, -0.1) is 0 Å². The molecule has 3 nitrogen and oxygen atoms in total. The van der Waals surface area contributed by atoms with Crippen molar-refractivity contribution in [3.63, 3.8) is 0 Å². The number of rotatable bonds is 4. The Labute approximate surface area is 102 Å². The highest BCUT2D eigenvalue weighted by atomic mass is 15.2. The van der Waals surface area contributed by atoms with Gasteiger partial charge >= 0.3 is 0 Å². The predicted octanol–water partition coefficient (Wildman–Crippen LogP) is 2.51. The summed E-state index contributed by atoms with van der Waals surface area (Å²) in [6, 6.07) is 8.61. The number of aryl methyl sites for hydroxylation is 2. The minimum atomic E-state index is 0.913. The van der Waals surface area contributed by atoms with Gasteiger partial charge in [0.05, 0.1) is 5.69 Å². The van der Waals surface area contributed by atoms with Crippen LogP contribution in [0.5, 0.6) is 0 Å². The minimum absolute atomic E-state index is 0.913. The Morgan fingerprint density at radius 2 is 2.12 bits per heavy atom.